The minimum atomic E-state index is -0.733. The zero-order valence-corrected chi connectivity index (χ0v) is 14.1. The fraction of sp³-hybridized carbons (Fsp3) is 0.238. The molecule has 0 aliphatic carbocycles. The molecule has 25 heavy (non-hydrogen) atoms. The predicted octanol–water partition coefficient (Wildman–Crippen LogP) is 3.57. The van der Waals surface area contributed by atoms with Crippen LogP contribution in [0.1, 0.15) is 12.7 Å². The molecule has 128 valence electrons. The van der Waals surface area contributed by atoms with Crippen molar-refractivity contribution in [2.24, 2.45) is 0 Å². The van der Waals surface area contributed by atoms with E-state index in [1.54, 1.807) is 6.92 Å². The lowest BCUT2D eigenvalue weighted by Gasteiger charge is -2.25. The summed E-state index contributed by atoms with van der Waals surface area (Å²) >= 11 is 0. The number of rotatable bonds is 5. The van der Waals surface area contributed by atoms with Crippen LogP contribution in [0, 0.1) is 0 Å². The summed E-state index contributed by atoms with van der Waals surface area (Å²) in [5.41, 5.74) is 0.143. The molecule has 0 spiro atoms. The Morgan fingerprint density at radius 1 is 0.840 bits per heavy atom. The smallest absolute Gasteiger partial charge is 0.142 e. The largest absolute Gasteiger partial charge is 0.459 e. The summed E-state index contributed by atoms with van der Waals surface area (Å²) in [6, 6.07) is 18.6. The fourth-order valence-corrected chi connectivity index (χ4v) is 3.26. The van der Waals surface area contributed by atoms with Crippen LogP contribution in [-0.4, -0.2) is 29.0 Å². The van der Waals surface area contributed by atoms with E-state index in [2.05, 4.69) is 35.6 Å². The SMILES string of the molecule is CC(CO)(CO)NCc1cc2c3ccccc3c3ccccc3c2o1. The number of fused-ring (bicyclic) bond motifs is 6. The minimum absolute atomic E-state index is 0.143. The first kappa shape index (κ1) is 16.1. The maximum Gasteiger partial charge on any atom is 0.142 e. The number of furan rings is 1. The van der Waals surface area contributed by atoms with E-state index in [1.807, 2.05) is 24.3 Å². The maximum atomic E-state index is 9.43. The van der Waals surface area contributed by atoms with Gasteiger partial charge in [0, 0.05) is 10.8 Å². The molecule has 1 aromatic heterocycles. The lowest BCUT2D eigenvalue weighted by molar-refractivity contribution is 0.101. The van der Waals surface area contributed by atoms with Gasteiger partial charge in [0.05, 0.1) is 25.3 Å². The number of hydrogen-bond acceptors (Lipinski definition) is 4. The number of aliphatic hydroxyl groups is 2. The monoisotopic (exact) mass is 335 g/mol. The second-order valence-electron chi connectivity index (χ2n) is 6.78. The van der Waals surface area contributed by atoms with Gasteiger partial charge in [0.2, 0.25) is 0 Å². The van der Waals surface area contributed by atoms with Crippen LogP contribution in [-0.2, 0) is 6.54 Å². The first-order chi connectivity index (χ1) is 12.1. The summed E-state index contributed by atoms with van der Waals surface area (Å²) in [5.74, 6) is 0.782. The maximum absolute atomic E-state index is 9.43. The standard InChI is InChI=1S/C21H21NO3/c1-21(12-23,13-24)22-11-14-10-19-17-8-3-2-6-15(17)16-7-4-5-9-18(16)20(19)25-14/h2-10,22-24H,11-13H2,1H3. The zero-order chi connectivity index (χ0) is 17.4. The topological polar surface area (TPSA) is 65.6 Å². The predicted molar refractivity (Wildman–Crippen MR) is 101 cm³/mol. The molecule has 4 rings (SSSR count). The molecular weight excluding hydrogens is 314 g/mol. The molecule has 0 aliphatic rings. The Balaban J connectivity index is 1.88. The van der Waals surface area contributed by atoms with E-state index >= 15 is 0 Å². The van der Waals surface area contributed by atoms with E-state index < -0.39 is 5.54 Å². The van der Waals surface area contributed by atoms with Crippen LogP contribution in [0.4, 0.5) is 0 Å². The number of nitrogens with one attached hydrogen (secondary N) is 1. The van der Waals surface area contributed by atoms with Crippen LogP contribution < -0.4 is 5.32 Å². The highest BCUT2D eigenvalue weighted by Gasteiger charge is 2.22. The quantitative estimate of drug-likeness (QED) is 0.488. The highest BCUT2D eigenvalue weighted by Crippen LogP contribution is 2.36. The number of hydrogen-bond donors (Lipinski definition) is 3. The summed E-state index contributed by atoms with van der Waals surface area (Å²) < 4.78 is 6.15. The Morgan fingerprint density at radius 3 is 1.96 bits per heavy atom. The van der Waals surface area contributed by atoms with Crippen molar-refractivity contribution < 1.29 is 14.6 Å². The summed E-state index contributed by atoms with van der Waals surface area (Å²) in [6.45, 7) is 1.93. The van der Waals surface area contributed by atoms with Crippen LogP contribution in [0.15, 0.2) is 59.0 Å². The molecule has 0 atom stereocenters. The van der Waals surface area contributed by atoms with Gasteiger partial charge in [-0.15, -0.1) is 0 Å². The van der Waals surface area contributed by atoms with E-state index in [0.29, 0.717) is 6.54 Å². The van der Waals surface area contributed by atoms with Crippen molar-refractivity contribution in [2.45, 2.75) is 19.0 Å². The fourth-order valence-electron chi connectivity index (χ4n) is 3.26. The molecule has 0 saturated heterocycles. The molecule has 1 heterocycles. The molecule has 0 radical (unpaired) electrons. The molecule has 0 amide bonds. The molecule has 0 bridgehead atoms. The van der Waals surface area contributed by atoms with Crippen LogP contribution in [0.5, 0.6) is 0 Å². The first-order valence-corrected chi connectivity index (χ1v) is 8.44. The molecule has 3 N–H and O–H groups in total. The summed E-state index contributed by atoms with van der Waals surface area (Å²) in [5, 5.41) is 27.8. The lowest BCUT2D eigenvalue weighted by Crippen LogP contribution is -2.48. The van der Waals surface area contributed by atoms with Crippen LogP contribution in [0.25, 0.3) is 32.5 Å². The average molecular weight is 335 g/mol. The van der Waals surface area contributed by atoms with E-state index in [1.165, 1.54) is 16.2 Å². The first-order valence-electron chi connectivity index (χ1n) is 8.44. The molecule has 4 nitrogen and oxygen atoms in total. The minimum Gasteiger partial charge on any atom is -0.459 e. The van der Waals surface area contributed by atoms with Crippen molar-refractivity contribution in [2.75, 3.05) is 13.2 Å². The molecule has 4 heteroatoms. The van der Waals surface area contributed by atoms with E-state index in [4.69, 9.17) is 4.42 Å². The van der Waals surface area contributed by atoms with E-state index in [9.17, 15) is 10.2 Å². The van der Waals surface area contributed by atoms with Gasteiger partial charge in [-0.3, -0.25) is 0 Å². The summed E-state index contributed by atoms with van der Waals surface area (Å²) in [4.78, 5) is 0. The molecular formula is C21H21NO3. The Morgan fingerprint density at radius 2 is 1.36 bits per heavy atom. The van der Waals surface area contributed by atoms with Crippen molar-refractivity contribution in [1.29, 1.82) is 0 Å². The normalized spacial score (nSPS) is 12.4. The number of aliphatic hydroxyl groups excluding tert-OH is 2. The molecule has 0 fully saturated rings. The zero-order valence-electron chi connectivity index (χ0n) is 14.1. The van der Waals surface area contributed by atoms with Gasteiger partial charge in [-0.25, -0.2) is 0 Å². The lowest BCUT2D eigenvalue weighted by atomic mass is 9.98. The Bertz CT molecular complexity index is 974. The Kier molecular flexibility index (Phi) is 3.96. The van der Waals surface area contributed by atoms with Crippen molar-refractivity contribution >= 4 is 32.5 Å². The summed E-state index contributed by atoms with van der Waals surface area (Å²) in [6.07, 6.45) is 0. The van der Waals surface area contributed by atoms with Gasteiger partial charge >= 0.3 is 0 Å². The molecule has 0 unspecified atom stereocenters. The Labute approximate surface area is 145 Å². The Hall–Kier alpha value is -2.40. The van der Waals surface area contributed by atoms with Gasteiger partial charge < -0.3 is 19.9 Å². The molecule has 0 aliphatic heterocycles. The van der Waals surface area contributed by atoms with Gasteiger partial charge in [0.1, 0.15) is 11.3 Å². The van der Waals surface area contributed by atoms with Gasteiger partial charge in [-0.05, 0) is 29.1 Å². The van der Waals surface area contributed by atoms with Gasteiger partial charge in [-0.2, -0.15) is 0 Å². The third-order valence-corrected chi connectivity index (χ3v) is 4.85. The van der Waals surface area contributed by atoms with Crippen LogP contribution >= 0.6 is 0 Å². The highest BCUT2D eigenvalue weighted by molar-refractivity contribution is 6.23. The number of benzene rings is 3. The summed E-state index contributed by atoms with van der Waals surface area (Å²) in [7, 11) is 0. The average Bonchev–Trinajstić information content (AvgIpc) is 3.11. The molecule has 0 saturated carbocycles. The third kappa shape index (κ3) is 2.68. The van der Waals surface area contributed by atoms with Crippen molar-refractivity contribution in [1.82, 2.24) is 5.32 Å². The van der Waals surface area contributed by atoms with E-state index in [-0.39, 0.29) is 13.2 Å². The van der Waals surface area contributed by atoms with Crippen LogP contribution in [0.2, 0.25) is 0 Å². The second kappa shape index (κ2) is 6.15. The van der Waals surface area contributed by atoms with Crippen molar-refractivity contribution in [3.63, 3.8) is 0 Å². The van der Waals surface area contributed by atoms with Crippen LogP contribution in [0.3, 0.4) is 0 Å². The molecule has 3 aromatic carbocycles. The third-order valence-electron chi connectivity index (χ3n) is 4.85. The van der Waals surface area contributed by atoms with Gasteiger partial charge in [0.15, 0.2) is 0 Å². The van der Waals surface area contributed by atoms with Gasteiger partial charge in [0.25, 0.3) is 0 Å². The second-order valence-corrected chi connectivity index (χ2v) is 6.78. The molecule has 4 aromatic rings. The van der Waals surface area contributed by atoms with Crippen molar-refractivity contribution in [3.05, 3.63) is 60.4 Å². The van der Waals surface area contributed by atoms with Crippen molar-refractivity contribution in [3.8, 4) is 0 Å². The highest BCUT2D eigenvalue weighted by atomic mass is 16.3. The van der Waals surface area contributed by atoms with Gasteiger partial charge in [-0.1, -0.05) is 48.5 Å². The van der Waals surface area contributed by atoms with E-state index in [0.717, 1.165) is 22.1 Å².